The Hall–Kier alpha value is -0.610. The third kappa shape index (κ3) is 4.10. The van der Waals surface area contributed by atoms with Gasteiger partial charge in [0.1, 0.15) is 6.61 Å². The van der Waals surface area contributed by atoms with E-state index in [4.69, 9.17) is 32.7 Å². The maximum absolute atomic E-state index is 11.6. The summed E-state index contributed by atoms with van der Waals surface area (Å²) >= 11 is 11.6. The zero-order valence-corrected chi connectivity index (χ0v) is 10.3. The molecular formula is C11H12Cl2O3. The van der Waals surface area contributed by atoms with Gasteiger partial charge in [-0.15, -0.1) is 0 Å². The van der Waals surface area contributed by atoms with E-state index >= 15 is 0 Å². The van der Waals surface area contributed by atoms with E-state index in [0.717, 1.165) is 0 Å². The molecule has 0 aromatic heterocycles. The molecule has 0 spiro atoms. The van der Waals surface area contributed by atoms with Crippen LogP contribution in [0.1, 0.15) is 10.4 Å². The quantitative estimate of drug-likeness (QED) is 0.584. The molecule has 0 saturated carbocycles. The Kier molecular flexibility index (Phi) is 5.77. The molecule has 0 heterocycles. The predicted molar refractivity (Wildman–Crippen MR) is 63.5 cm³/mol. The highest BCUT2D eigenvalue weighted by atomic mass is 35.5. The van der Waals surface area contributed by atoms with Crippen molar-refractivity contribution in [3.63, 3.8) is 0 Å². The summed E-state index contributed by atoms with van der Waals surface area (Å²) < 4.78 is 9.90. The van der Waals surface area contributed by atoms with Crippen molar-refractivity contribution >= 4 is 29.0 Å². The normalized spacial score (nSPS) is 10.4. The highest BCUT2D eigenvalue weighted by Crippen LogP contribution is 2.21. The molecule has 0 unspecified atom stereocenters. The van der Waals surface area contributed by atoms with E-state index in [1.165, 1.54) is 6.07 Å². The molecule has 0 radical (unpaired) electrons. The van der Waals surface area contributed by atoms with Crippen molar-refractivity contribution < 1.29 is 14.3 Å². The first-order valence-corrected chi connectivity index (χ1v) is 5.45. The van der Waals surface area contributed by atoms with E-state index in [9.17, 15) is 4.79 Å². The molecule has 1 rings (SSSR count). The van der Waals surface area contributed by atoms with Crippen molar-refractivity contribution in [3.8, 4) is 0 Å². The van der Waals surface area contributed by atoms with Crippen LogP contribution in [-0.2, 0) is 9.47 Å². The van der Waals surface area contributed by atoms with Crippen molar-refractivity contribution in [2.24, 2.45) is 0 Å². The van der Waals surface area contributed by atoms with Gasteiger partial charge in [-0.25, -0.2) is 0 Å². The Morgan fingerprint density at radius 3 is 2.69 bits per heavy atom. The molecule has 1 aromatic carbocycles. The Morgan fingerprint density at radius 2 is 2.06 bits per heavy atom. The highest BCUT2D eigenvalue weighted by molar-refractivity contribution is 6.36. The zero-order chi connectivity index (χ0) is 12.0. The second-order valence-electron chi connectivity index (χ2n) is 3.09. The number of methoxy groups -OCH3 is 1. The van der Waals surface area contributed by atoms with Crippen LogP contribution in [0.25, 0.3) is 0 Å². The van der Waals surface area contributed by atoms with Crippen LogP contribution in [-0.4, -0.2) is 32.7 Å². The summed E-state index contributed by atoms with van der Waals surface area (Å²) in [6, 6.07) is 4.74. The Morgan fingerprint density at radius 1 is 1.31 bits per heavy atom. The summed E-state index contributed by atoms with van der Waals surface area (Å²) in [5, 5.41) is 0.842. The minimum absolute atomic E-state index is 0.00921. The van der Waals surface area contributed by atoms with E-state index in [-0.39, 0.29) is 12.4 Å². The number of Topliss-reactive ketones (excluding diaryl/α,β-unsaturated/α-hetero) is 1. The fourth-order valence-corrected chi connectivity index (χ4v) is 1.61. The second kappa shape index (κ2) is 6.86. The van der Waals surface area contributed by atoms with E-state index in [0.29, 0.717) is 28.8 Å². The SMILES string of the molecule is COCCOCC(=O)c1ccc(Cl)cc1Cl. The van der Waals surface area contributed by atoms with Crippen molar-refractivity contribution in [2.45, 2.75) is 0 Å². The standard InChI is InChI=1S/C11H12Cl2O3/c1-15-4-5-16-7-11(14)9-3-2-8(12)6-10(9)13/h2-3,6H,4-5,7H2,1H3. The van der Waals surface area contributed by atoms with Crippen LogP contribution in [0.5, 0.6) is 0 Å². The molecule has 1 aromatic rings. The molecule has 88 valence electrons. The first kappa shape index (κ1) is 13.5. The number of carbonyl (C=O) groups is 1. The third-order valence-corrected chi connectivity index (χ3v) is 2.44. The first-order valence-electron chi connectivity index (χ1n) is 4.70. The molecule has 0 bridgehead atoms. The Bertz CT molecular complexity index is 366. The number of benzene rings is 1. The Labute approximate surface area is 104 Å². The third-order valence-electron chi connectivity index (χ3n) is 1.90. The van der Waals surface area contributed by atoms with Gasteiger partial charge in [0.05, 0.1) is 18.2 Å². The summed E-state index contributed by atoms with van der Waals surface area (Å²) in [5.74, 6) is -0.169. The minimum atomic E-state index is -0.169. The maximum atomic E-state index is 11.6. The molecule has 0 saturated heterocycles. The van der Waals surface area contributed by atoms with Gasteiger partial charge >= 0.3 is 0 Å². The van der Waals surface area contributed by atoms with Crippen molar-refractivity contribution in [3.05, 3.63) is 33.8 Å². The maximum Gasteiger partial charge on any atom is 0.189 e. The van der Waals surface area contributed by atoms with Crippen molar-refractivity contribution in [1.82, 2.24) is 0 Å². The molecule has 5 heteroatoms. The van der Waals surface area contributed by atoms with Gasteiger partial charge in [-0.05, 0) is 18.2 Å². The van der Waals surface area contributed by atoms with Crippen LogP contribution >= 0.6 is 23.2 Å². The van der Waals surface area contributed by atoms with Crippen LogP contribution < -0.4 is 0 Å². The van der Waals surface area contributed by atoms with Gasteiger partial charge in [0.25, 0.3) is 0 Å². The summed E-state index contributed by atoms with van der Waals surface area (Å²) in [6.45, 7) is 0.833. The topological polar surface area (TPSA) is 35.5 Å². The van der Waals surface area contributed by atoms with Crippen LogP contribution in [0.4, 0.5) is 0 Å². The van der Waals surface area contributed by atoms with Gasteiger partial charge < -0.3 is 9.47 Å². The molecule has 3 nitrogen and oxygen atoms in total. The lowest BCUT2D eigenvalue weighted by Crippen LogP contribution is -2.12. The average molecular weight is 263 g/mol. The van der Waals surface area contributed by atoms with Gasteiger partial charge in [0.2, 0.25) is 0 Å². The molecule has 0 N–H and O–H groups in total. The number of ether oxygens (including phenoxy) is 2. The molecular weight excluding hydrogens is 251 g/mol. The van der Waals surface area contributed by atoms with Crippen LogP contribution in [0, 0.1) is 0 Å². The predicted octanol–water partition coefficient (Wildman–Crippen LogP) is 2.84. The second-order valence-corrected chi connectivity index (χ2v) is 3.94. The molecule has 0 atom stereocenters. The Balaban J connectivity index is 2.53. The van der Waals surface area contributed by atoms with Gasteiger partial charge in [-0.1, -0.05) is 23.2 Å². The van der Waals surface area contributed by atoms with Crippen molar-refractivity contribution in [1.29, 1.82) is 0 Å². The number of rotatable bonds is 6. The van der Waals surface area contributed by atoms with E-state index in [1.54, 1.807) is 19.2 Å². The van der Waals surface area contributed by atoms with Crippen LogP contribution in [0.2, 0.25) is 10.0 Å². The van der Waals surface area contributed by atoms with Gasteiger partial charge in [0, 0.05) is 17.7 Å². The molecule has 0 aliphatic carbocycles. The summed E-state index contributed by atoms with van der Waals surface area (Å²) in [5.41, 5.74) is 0.420. The first-order chi connectivity index (χ1) is 7.65. The number of hydrogen-bond donors (Lipinski definition) is 0. The molecule has 0 aliphatic rings. The number of hydrogen-bond acceptors (Lipinski definition) is 3. The number of carbonyl (C=O) groups excluding carboxylic acids is 1. The molecule has 16 heavy (non-hydrogen) atoms. The van der Waals surface area contributed by atoms with Crippen molar-refractivity contribution in [2.75, 3.05) is 26.9 Å². The van der Waals surface area contributed by atoms with Gasteiger partial charge in [0.15, 0.2) is 5.78 Å². The van der Waals surface area contributed by atoms with Crippen LogP contribution in [0.15, 0.2) is 18.2 Å². The fourth-order valence-electron chi connectivity index (χ4n) is 1.10. The van der Waals surface area contributed by atoms with Crippen LogP contribution in [0.3, 0.4) is 0 Å². The summed E-state index contributed by atoms with van der Waals surface area (Å²) in [6.07, 6.45) is 0. The monoisotopic (exact) mass is 262 g/mol. The number of halogens is 2. The highest BCUT2D eigenvalue weighted by Gasteiger charge is 2.10. The molecule has 0 fully saturated rings. The van der Waals surface area contributed by atoms with E-state index in [2.05, 4.69) is 0 Å². The summed E-state index contributed by atoms with van der Waals surface area (Å²) in [4.78, 5) is 11.6. The zero-order valence-electron chi connectivity index (χ0n) is 8.83. The molecule has 0 aliphatic heterocycles. The smallest absolute Gasteiger partial charge is 0.189 e. The molecule has 0 amide bonds. The van der Waals surface area contributed by atoms with E-state index < -0.39 is 0 Å². The summed E-state index contributed by atoms with van der Waals surface area (Å²) in [7, 11) is 1.57. The van der Waals surface area contributed by atoms with Gasteiger partial charge in [-0.2, -0.15) is 0 Å². The average Bonchev–Trinajstić information content (AvgIpc) is 2.24. The lowest BCUT2D eigenvalue weighted by molar-refractivity contribution is 0.0577. The van der Waals surface area contributed by atoms with Gasteiger partial charge in [-0.3, -0.25) is 4.79 Å². The number of ketones is 1. The lowest BCUT2D eigenvalue weighted by atomic mass is 10.1. The fraction of sp³-hybridized carbons (Fsp3) is 0.364. The lowest BCUT2D eigenvalue weighted by Gasteiger charge is -2.05. The van der Waals surface area contributed by atoms with E-state index in [1.807, 2.05) is 0 Å². The minimum Gasteiger partial charge on any atom is -0.382 e. The largest absolute Gasteiger partial charge is 0.382 e.